The van der Waals surface area contributed by atoms with Gasteiger partial charge < -0.3 is 14.1 Å². The van der Waals surface area contributed by atoms with Crippen molar-refractivity contribution in [1.82, 2.24) is 15.1 Å². The van der Waals surface area contributed by atoms with E-state index < -0.39 is 0 Å². The molecule has 2 aromatic carbocycles. The fourth-order valence-electron chi connectivity index (χ4n) is 3.45. The highest BCUT2D eigenvalue weighted by atomic mass is 35.5. The first kappa shape index (κ1) is 18.8. The number of piperazine rings is 1. The van der Waals surface area contributed by atoms with E-state index in [4.69, 9.17) is 20.8 Å². The molecule has 1 atom stereocenters. The minimum Gasteiger partial charge on any atom is -0.497 e. The van der Waals surface area contributed by atoms with Crippen LogP contribution >= 0.6 is 11.6 Å². The molecule has 0 aliphatic carbocycles. The molecule has 7 heteroatoms. The van der Waals surface area contributed by atoms with Gasteiger partial charge in [-0.25, -0.2) is 0 Å². The van der Waals surface area contributed by atoms with Gasteiger partial charge in [0.15, 0.2) is 0 Å². The third-order valence-electron chi connectivity index (χ3n) is 5.17. The Morgan fingerprint density at radius 1 is 1.04 bits per heavy atom. The maximum Gasteiger partial charge on any atom is 0.247 e. The largest absolute Gasteiger partial charge is 0.497 e. The standard InChI is InChI=1S/C21H23ClN4O2/c1-15(20-23-24-21(28-20)16-6-8-19(27-2)9-7-16)25-10-12-26(13-11-25)18-5-3-4-17(22)14-18/h3-9,14-15H,10-13H2,1-2H3/t15-/m1/s1. The smallest absolute Gasteiger partial charge is 0.247 e. The third kappa shape index (κ3) is 3.98. The Morgan fingerprint density at radius 2 is 1.79 bits per heavy atom. The molecule has 0 unspecified atom stereocenters. The average Bonchev–Trinajstić information content (AvgIpc) is 3.24. The normalized spacial score (nSPS) is 16.2. The lowest BCUT2D eigenvalue weighted by Crippen LogP contribution is -2.47. The quantitative estimate of drug-likeness (QED) is 0.639. The Hall–Kier alpha value is -2.57. The summed E-state index contributed by atoms with van der Waals surface area (Å²) >= 11 is 6.12. The first-order valence-electron chi connectivity index (χ1n) is 9.36. The summed E-state index contributed by atoms with van der Waals surface area (Å²) in [4.78, 5) is 4.72. The first-order valence-corrected chi connectivity index (χ1v) is 9.74. The van der Waals surface area contributed by atoms with Gasteiger partial charge in [-0.05, 0) is 49.4 Å². The number of methoxy groups -OCH3 is 1. The average molecular weight is 399 g/mol. The fraction of sp³-hybridized carbons (Fsp3) is 0.333. The zero-order valence-electron chi connectivity index (χ0n) is 16.0. The Bertz CT molecular complexity index is 920. The number of rotatable bonds is 5. The minimum absolute atomic E-state index is 0.0704. The van der Waals surface area contributed by atoms with E-state index in [-0.39, 0.29) is 6.04 Å². The number of hydrogen-bond donors (Lipinski definition) is 0. The molecule has 146 valence electrons. The minimum atomic E-state index is 0.0704. The van der Waals surface area contributed by atoms with Crippen LogP contribution in [-0.4, -0.2) is 48.4 Å². The molecule has 0 N–H and O–H groups in total. The summed E-state index contributed by atoms with van der Waals surface area (Å²) in [6.45, 7) is 5.83. The molecule has 0 saturated carbocycles. The molecule has 6 nitrogen and oxygen atoms in total. The second kappa shape index (κ2) is 8.20. The highest BCUT2D eigenvalue weighted by molar-refractivity contribution is 6.30. The van der Waals surface area contributed by atoms with Crippen molar-refractivity contribution in [1.29, 1.82) is 0 Å². The summed E-state index contributed by atoms with van der Waals surface area (Å²) in [6, 6.07) is 15.7. The van der Waals surface area contributed by atoms with E-state index in [1.807, 2.05) is 42.5 Å². The van der Waals surface area contributed by atoms with Crippen LogP contribution in [0.1, 0.15) is 18.9 Å². The number of anilines is 1. The molecular weight excluding hydrogens is 376 g/mol. The highest BCUT2D eigenvalue weighted by Gasteiger charge is 2.26. The van der Waals surface area contributed by atoms with Crippen LogP contribution in [0.5, 0.6) is 5.75 Å². The lowest BCUT2D eigenvalue weighted by atomic mass is 10.2. The van der Waals surface area contributed by atoms with Crippen molar-refractivity contribution in [3.63, 3.8) is 0 Å². The predicted octanol–water partition coefficient (Wildman–Crippen LogP) is 4.28. The molecule has 0 spiro atoms. The van der Waals surface area contributed by atoms with E-state index in [1.54, 1.807) is 7.11 Å². The first-order chi connectivity index (χ1) is 13.6. The van der Waals surface area contributed by atoms with Crippen molar-refractivity contribution >= 4 is 17.3 Å². The van der Waals surface area contributed by atoms with E-state index in [1.165, 1.54) is 5.69 Å². The summed E-state index contributed by atoms with van der Waals surface area (Å²) in [5.74, 6) is 1.97. The summed E-state index contributed by atoms with van der Waals surface area (Å²) < 4.78 is 11.1. The fourth-order valence-corrected chi connectivity index (χ4v) is 3.63. The van der Waals surface area contributed by atoms with E-state index in [2.05, 4.69) is 33.0 Å². The van der Waals surface area contributed by atoms with Crippen LogP contribution in [0.15, 0.2) is 52.9 Å². The molecule has 1 saturated heterocycles. The van der Waals surface area contributed by atoms with E-state index >= 15 is 0 Å². The zero-order chi connectivity index (χ0) is 19.5. The van der Waals surface area contributed by atoms with Gasteiger partial charge in [-0.1, -0.05) is 17.7 Å². The van der Waals surface area contributed by atoms with E-state index in [9.17, 15) is 0 Å². The van der Waals surface area contributed by atoms with Crippen molar-refractivity contribution in [3.05, 3.63) is 59.4 Å². The molecule has 3 aromatic rings. The van der Waals surface area contributed by atoms with Gasteiger partial charge in [-0.15, -0.1) is 10.2 Å². The molecular formula is C21H23ClN4O2. The van der Waals surface area contributed by atoms with Crippen LogP contribution in [0.4, 0.5) is 5.69 Å². The summed E-state index contributed by atoms with van der Waals surface area (Å²) in [5, 5.41) is 9.27. The maximum atomic E-state index is 6.12. The molecule has 28 heavy (non-hydrogen) atoms. The molecule has 1 aliphatic heterocycles. The van der Waals surface area contributed by atoms with Gasteiger partial charge >= 0.3 is 0 Å². The Morgan fingerprint density at radius 3 is 2.46 bits per heavy atom. The monoisotopic (exact) mass is 398 g/mol. The molecule has 2 heterocycles. The van der Waals surface area contributed by atoms with Gasteiger partial charge in [0.2, 0.25) is 11.8 Å². The van der Waals surface area contributed by atoms with Crippen molar-refractivity contribution < 1.29 is 9.15 Å². The number of ether oxygens (including phenoxy) is 1. The highest BCUT2D eigenvalue weighted by Crippen LogP contribution is 2.27. The number of nitrogens with zero attached hydrogens (tertiary/aromatic N) is 4. The van der Waals surface area contributed by atoms with Gasteiger partial charge in [0.25, 0.3) is 0 Å². The second-order valence-electron chi connectivity index (χ2n) is 6.85. The zero-order valence-corrected chi connectivity index (χ0v) is 16.8. The van der Waals surface area contributed by atoms with Gasteiger partial charge in [-0.2, -0.15) is 0 Å². The van der Waals surface area contributed by atoms with Gasteiger partial charge in [0.1, 0.15) is 5.75 Å². The SMILES string of the molecule is COc1ccc(-c2nnc([C@@H](C)N3CCN(c4cccc(Cl)c4)CC3)o2)cc1. The number of hydrogen-bond acceptors (Lipinski definition) is 6. The molecule has 4 rings (SSSR count). The lowest BCUT2D eigenvalue weighted by molar-refractivity contribution is 0.174. The number of aromatic nitrogens is 2. The Kier molecular flexibility index (Phi) is 5.50. The third-order valence-corrected chi connectivity index (χ3v) is 5.41. The van der Waals surface area contributed by atoms with Crippen LogP contribution < -0.4 is 9.64 Å². The summed E-state index contributed by atoms with van der Waals surface area (Å²) in [5.41, 5.74) is 2.05. The topological polar surface area (TPSA) is 54.6 Å². The van der Waals surface area contributed by atoms with E-state index in [0.29, 0.717) is 11.8 Å². The number of halogens is 1. The maximum absolute atomic E-state index is 6.12. The molecule has 0 amide bonds. The predicted molar refractivity (Wildman–Crippen MR) is 110 cm³/mol. The Labute approximate surface area is 169 Å². The molecule has 1 aliphatic rings. The van der Waals surface area contributed by atoms with Crippen LogP contribution in [-0.2, 0) is 0 Å². The van der Waals surface area contributed by atoms with Crippen LogP contribution in [0, 0.1) is 0 Å². The van der Waals surface area contributed by atoms with Crippen LogP contribution in [0.3, 0.4) is 0 Å². The van der Waals surface area contributed by atoms with E-state index in [0.717, 1.165) is 42.5 Å². The van der Waals surface area contributed by atoms with Crippen molar-refractivity contribution in [2.45, 2.75) is 13.0 Å². The lowest BCUT2D eigenvalue weighted by Gasteiger charge is -2.38. The molecule has 0 radical (unpaired) electrons. The summed E-state index contributed by atoms with van der Waals surface area (Å²) in [7, 11) is 1.65. The Balaban J connectivity index is 1.40. The van der Waals surface area contributed by atoms with Gasteiger partial charge in [0, 0.05) is 42.5 Å². The van der Waals surface area contributed by atoms with Crippen molar-refractivity contribution in [2.75, 3.05) is 38.2 Å². The molecule has 1 aromatic heterocycles. The van der Waals surface area contributed by atoms with Crippen molar-refractivity contribution in [3.8, 4) is 17.2 Å². The number of benzene rings is 2. The molecule has 1 fully saturated rings. The van der Waals surface area contributed by atoms with Crippen molar-refractivity contribution in [2.24, 2.45) is 0 Å². The molecule has 0 bridgehead atoms. The van der Waals surface area contributed by atoms with Crippen LogP contribution in [0.2, 0.25) is 5.02 Å². The second-order valence-corrected chi connectivity index (χ2v) is 7.29. The summed E-state index contributed by atoms with van der Waals surface area (Å²) in [6.07, 6.45) is 0. The van der Waals surface area contributed by atoms with Gasteiger partial charge in [0.05, 0.1) is 13.2 Å². The van der Waals surface area contributed by atoms with Gasteiger partial charge in [-0.3, -0.25) is 4.90 Å². The van der Waals surface area contributed by atoms with Crippen LogP contribution in [0.25, 0.3) is 11.5 Å².